The van der Waals surface area contributed by atoms with Gasteiger partial charge in [0, 0.05) is 32.7 Å². The molecule has 0 aliphatic carbocycles. The van der Waals surface area contributed by atoms with Gasteiger partial charge in [-0.1, -0.05) is 13.8 Å². The second-order valence-electron chi connectivity index (χ2n) is 5.76. The standard InChI is InChI=1S/C14H27N3O4/c1-11(2)9-12(13(18)19)10-16-14(20)15-3-4-17-5-7-21-8-6-17/h11-12H,3-10H2,1-2H3,(H,18,19)(H2,15,16,20). The number of nitrogens with one attached hydrogen (secondary N) is 2. The van der Waals surface area contributed by atoms with Gasteiger partial charge in [-0.05, 0) is 12.3 Å². The lowest BCUT2D eigenvalue weighted by Gasteiger charge is -2.26. The largest absolute Gasteiger partial charge is 0.481 e. The number of aliphatic carboxylic acids is 1. The normalized spacial score (nSPS) is 17.5. The Morgan fingerprint density at radius 1 is 1.24 bits per heavy atom. The molecule has 7 heteroatoms. The maximum absolute atomic E-state index is 11.6. The molecular formula is C14H27N3O4. The molecule has 0 radical (unpaired) electrons. The Labute approximate surface area is 126 Å². The minimum absolute atomic E-state index is 0.164. The number of urea groups is 1. The maximum atomic E-state index is 11.6. The Kier molecular flexibility index (Phi) is 8.07. The number of ether oxygens (including phenoxy) is 1. The van der Waals surface area contributed by atoms with Crippen molar-refractivity contribution in [2.75, 3.05) is 45.9 Å². The Morgan fingerprint density at radius 3 is 2.48 bits per heavy atom. The first-order chi connectivity index (χ1) is 9.99. The summed E-state index contributed by atoms with van der Waals surface area (Å²) < 4.78 is 5.25. The van der Waals surface area contributed by atoms with E-state index in [1.807, 2.05) is 13.8 Å². The number of carbonyl (C=O) groups is 2. The Balaban J connectivity index is 2.15. The van der Waals surface area contributed by atoms with Crippen LogP contribution in [0.4, 0.5) is 4.79 Å². The Morgan fingerprint density at radius 2 is 1.90 bits per heavy atom. The van der Waals surface area contributed by atoms with E-state index in [9.17, 15) is 9.59 Å². The van der Waals surface area contributed by atoms with Gasteiger partial charge in [-0.2, -0.15) is 0 Å². The molecule has 1 aliphatic rings. The fraction of sp³-hybridized carbons (Fsp3) is 0.857. The van der Waals surface area contributed by atoms with Crippen molar-refractivity contribution >= 4 is 12.0 Å². The molecule has 0 aromatic carbocycles. The number of rotatable bonds is 8. The van der Waals surface area contributed by atoms with Crippen molar-refractivity contribution in [3.05, 3.63) is 0 Å². The number of carboxylic acid groups (broad SMARTS) is 1. The van der Waals surface area contributed by atoms with Crippen LogP contribution < -0.4 is 10.6 Å². The third-order valence-corrected chi connectivity index (χ3v) is 3.43. The predicted octanol–water partition coefficient (Wildman–Crippen LogP) is 0.365. The highest BCUT2D eigenvalue weighted by atomic mass is 16.5. The summed E-state index contributed by atoms with van der Waals surface area (Å²) in [6.45, 7) is 8.69. The van der Waals surface area contributed by atoms with Gasteiger partial charge in [0.25, 0.3) is 0 Å². The van der Waals surface area contributed by atoms with Gasteiger partial charge in [0.05, 0.1) is 19.1 Å². The quantitative estimate of drug-likeness (QED) is 0.602. The highest BCUT2D eigenvalue weighted by molar-refractivity contribution is 5.75. The van der Waals surface area contributed by atoms with E-state index >= 15 is 0 Å². The summed E-state index contributed by atoms with van der Waals surface area (Å²) in [5.74, 6) is -1.11. The van der Waals surface area contributed by atoms with Crippen molar-refractivity contribution in [3.63, 3.8) is 0 Å². The lowest BCUT2D eigenvalue weighted by molar-refractivity contribution is -0.142. The first-order valence-electron chi connectivity index (χ1n) is 7.53. The molecule has 1 unspecified atom stereocenters. The van der Waals surface area contributed by atoms with E-state index < -0.39 is 11.9 Å². The Hall–Kier alpha value is -1.34. The molecule has 1 atom stereocenters. The van der Waals surface area contributed by atoms with E-state index in [-0.39, 0.29) is 18.5 Å². The number of hydrogen-bond donors (Lipinski definition) is 3. The van der Waals surface area contributed by atoms with Crippen LogP contribution in [-0.4, -0.2) is 67.9 Å². The van der Waals surface area contributed by atoms with Crippen molar-refractivity contribution in [2.24, 2.45) is 11.8 Å². The molecule has 2 amide bonds. The molecule has 1 fully saturated rings. The van der Waals surface area contributed by atoms with Gasteiger partial charge in [0.2, 0.25) is 0 Å². The number of nitrogens with zero attached hydrogens (tertiary/aromatic N) is 1. The van der Waals surface area contributed by atoms with Gasteiger partial charge < -0.3 is 20.5 Å². The monoisotopic (exact) mass is 301 g/mol. The van der Waals surface area contributed by atoms with Crippen LogP contribution in [0.2, 0.25) is 0 Å². The van der Waals surface area contributed by atoms with Gasteiger partial charge in [-0.25, -0.2) is 4.79 Å². The molecule has 0 aromatic rings. The summed E-state index contributed by atoms with van der Waals surface area (Å²) in [5, 5.41) is 14.5. The zero-order valence-corrected chi connectivity index (χ0v) is 12.9. The number of hydrogen-bond acceptors (Lipinski definition) is 4. The number of amides is 2. The Bertz CT molecular complexity index is 330. The molecule has 0 bridgehead atoms. The van der Waals surface area contributed by atoms with Gasteiger partial charge in [0.1, 0.15) is 0 Å². The van der Waals surface area contributed by atoms with Gasteiger partial charge in [0.15, 0.2) is 0 Å². The van der Waals surface area contributed by atoms with Gasteiger partial charge >= 0.3 is 12.0 Å². The zero-order valence-electron chi connectivity index (χ0n) is 12.9. The van der Waals surface area contributed by atoms with Crippen molar-refractivity contribution in [2.45, 2.75) is 20.3 Å². The minimum Gasteiger partial charge on any atom is -0.481 e. The molecule has 1 aliphatic heterocycles. The van der Waals surface area contributed by atoms with E-state index in [4.69, 9.17) is 9.84 Å². The fourth-order valence-electron chi connectivity index (χ4n) is 2.27. The summed E-state index contributed by atoms with van der Waals surface area (Å²) in [6.07, 6.45) is 0.559. The molecule has 0 saturated carbocycles. The molecule has 3 N–H and O–H groups in total. The van der Waals surface area contributed by atoms with Crippen LogP contribution in [0.25, 0.3) is 0 Å². The summed E-state index contributed by atoms with van der Waals surface area (Å²) in [6, 6.07) is -0.307. The van der Waals surface area contributed by atoms with Crippen molar-refractivity contribution in [3.8, 4) is 0 Å². The maximum Gasteiger partial charge on any atom is 0.314 e. The van der Waals surface area contributed by atoms with Crippen LogP contribution in [0.3, 0.4) is 0 Å². The fourth-order valence-corrected chi connectivity index (χ4v) is 2.27. The van der Waals surface area contributed by atoms with Crippen LogP contribution in [-0.2, 0) is 9.53 Å². The second kappa shape index (κ2) is 9.57. The average molecular weight is 301 g/mol. The molecule has 122 valence electrons. The molecular weight excluding hydrogens is 274 g/mol. The summed E-state index contributed by atoms with van der Waals surface area (Å²) in [7, 11) is 0. The topological polar surface area (TPSA) is 90.9 Å². The lowest BCUT2D eigenvalue weighted by Crippen LogP contribution is -2.45. The van der Waals surface area contributed by atoms with Gasteiger partial charge in [-0.15, -0.1) is 0 Å². The SMILES string of the molecule is CC(C)CC(CNC(=O)NCCN1CCOCC1)C(=O)O. The van der Waals surface area contributed by atoms with Crippen LogP contribution in [0.1, 0.15) is 20.3 Å². The lowest BCUT2D eigenvalue weighted by atomic mass is 9.97. The molecule has 21 heavy (non-hydrogen) atoms. The van der Waals surface area contributed by atoms with E-state index in [2.05, 4.69) is 15.5 Å². The first-order valence-corrected chi connectivity index (χ1v) is 7.53. The summed E-state index contributed by atoms with van der Waals surface area (Å²) >= 11 is 0. The molecule has 1 rings (SSSR count). The number of morpholine rings is 1. The first kappa shape index (κ1) is 17.7. The van der Waals surface area contributed by atoms with E-state index in [1.54, 1.807) is 0 Å². The van der Waals surface area contributed by atoms with Crippen LogP contribution in [0.15, 0.2) is 0 Å². The molecule has 1 heterocycles. The number of carboxylic acids is 1. The predicted molar refractivity (Wildman–Crippen MR) is 79.2 cm³/mol. The molecule has 0 spiro atoms. The van der Waals surface area contributed by atoms with Crippen molar-refractivity contribution in [1.29, 1.82) is 0 Å². The van der Waals surface area contributed by atoms with E-state index in [1.165, 1.54) is 0 Å². The molecule has 7 nitrogen and oxygen atoms in total. The van der Waals surface area contributed by atoms with Crippen LogP contribution in [0, 0.1) is 11.8 Å². The van der Waals surface area contributed by atoms with Crippen molar-refractivity contribution < 1.29 is 19.4 Å². The zero-order chi connectivity index (χ0) is 15.7. The van der Waals surface area contributed by atoms with Crippen LogP contribution in [0.5, 0.6) is 0 Å². The smallest absolute Gasteiger partial charge is 0.314 e. The van der Waals surface area contributed by atoms with E-state index in [0.717, 1.165) is 32.8 Å². The van der Waals surface area contributed by atoms with E-state index in [0.29, 0.717) is 13.0 Å². The third-order valence-electron chi connectivity index (χ3n) is 3.43. The summed E-state index contributed by atoms with van der Waals surface area (Å²) in [5.41, 5.74) is 0. The molecule has 0 aromatic heterocycles. The molecule has 1 saturated heterocycles. The minimum atomic E-state index is -0.864. The second-order valence-corrected chi connectivity index (χ2v) is 5.76. The summed E-state index contributed by atoms with van der Waals surface area (Å²) in [4.78, 5) is 24.9. The third kappa shape index (κ3) is 7.87. The van der Waals surface area contributed by atoms with Crippen LogP contribution >= 0.6 is 0 Å². The average Bonchev–Trinajstić information content (AvgIpc) is 2.44. The highest BCUT2D eigenvalue weighted by Crippen LogP contribution is 2.10. The number of carbonyl (C=O) groups excluding carboxylic acids is 1. The van der Waals surface area contributed by atoms with Gasteiger partial charge in [-0.3, -0.25) is 9.69 Å². The highest BCUT2D eigenvalue weighted by Gasteiger charge is 2.19. The van der Waals surface area contributed by atoms with Crippen molar-refractivity contribution in [1.82, 2.24) is 15.5 Å².